The minimum absolute atomic E-state index is 0.258. The summed E-state index contributed by atoms with van der Waals surface area (Å²) in [6.45, 7) is 2.18. The number of ether oxygens (including phenoxy) is 3. The molecule has 7 nitrogen and oxygen atoms in total. The highest BCUT2D eigenvalue weighted by Gasteiger charge is 2.37. The normalized spacial score (nSPS) is 14.0. The van der Waals surface area contributed by atoms with Crippen LogP contribution in [0.15, 0.2) is 36.4 Å². The fourth-order valence-corrected chi connectivity index (χ4v) is 5.05. The van der Waals surface area contributed by atoms with Gasteiger partial charge < -0.3 is 28.7 Å². The third kappa shape index (κ3) is 4.86. The fourth-order valence-electron chi connectivity index (χ4n) is 2.92. The largest absolute Gasteiger partial charge is 0.493 e. The van der Waals surface area contributed by atoms with Crippen molar-refractivity contribution in [3.8, 4) is 17.2 Å². The summed E-state index contributed by atoms with van der Waals surface area (Å²) in [7, 11) is 4.67. The van der Waals surface area contributed by atoms with Crippen LogP contribution in [0.1, 0.15) is 24.8 Å². The second kappa shape index (κ2) is 10.0. The van der Waals surface area contributed by atoms with Crippen LogP contribution in [-0.2, 0) is 9.09 Å². The second-order valence-corrected chi connectivity index (χ2v) is 9.13. The van der Waals surface area contributed by atoms with Crippen molar-refractivity contribution in [3.05, 3.63) is 42.0 Å². The molecule has 160 valence electrons. The topological polar surface area (TPSA) is 77.5 Å². The van der Waals surface area contributed by atoms with Gasteiger partial charge in [0.15, 0.2) is 17.3 Å². The zero-order valence-electron chi connectivity index (χ0n) is 17.8. The Labute approximate surface area is 172 Å². The van der Waals surface area contributed by atoms with Crippen LogP contribution in [-0.4, -0.2) is 47.1 Å². The molecule has 8 heteroatoms. The van der Waals surface area contributed by atoms with E-state index in [0.29, 0.717) is 34.5 Å². The van der Waals surface area contributed by atoms with E-state index in [9.17, 15) is 9.67 Å². The first-order valence-corrected chi connectivity index (χ1v) is 11.0. The lowest BCUT2D eigenvalue weighted by Crippen LogP contribution is -2.16. The molecular weight excluding hydrogens is 393 g/mol. The summed E-state index contributed by atoms with van der Waals surface area (Å²) >= 11 is 0. The second-order valence-electron chi connectivity index (χ2n) is 6.67. The predicted octanol–water partition coefficient (Wildman–Crippen LogP) is 3.80. The van der Waals surface area contributed by atoms with E-state index < -0.39 is 13.2 Å². The number of rotatable bonds is 10. The van der Waals surface area contributed by atoms with Crippen LogP contribution < -0.4 is 24.4 Å². The van der Waals surface area contributed by atoms with E-state index in [-0.39, 0.29) is 6.61 Å². The molecular formula is C21H30NO6P. The Morgan fingerprint density at radius 3 is 1.97 bits per heavy atom. The fraction of sp³-hybridized carbons (Fsp3) is 0.429. The molecule has 2 atom stereocenters. The summed E-state index contributed by atoms with van der Waals surface area (Å²) in [4.78, 5) is 1.94. The van der Waals surface area contributed by atoms with Gasteiger partial charge in [0.05, 0.1) is 27.9 Å². The molecule has 0 aromatic heterocycles. The van der Waals surface area contributed by atoms with Gasteiger partial charge in [-0.15, -0.1) is 0 Å². The first-order chi connectivity index (χ1) is 13.8. The minimum Gasteiger partial charge on any atom is -0.493 e. The average Bonchev–Trinajstić information content (AvgIpc) is 2.75. The van der Waals surface area contributed by atoms with E-state index in [1.54, 1.807) is 24.3 Å². The first-order valence-electron chi connectivity index (χ1n) is 9.32. The lowest BCUT2D eigenvalue weighted by atomic mass is 10.2. The van der Waals surface area contributed by atoms with E-state index in [2.05, 4.69) is 0 Å². The molecule has 0 aliphatic heterocycles. The van der Waals surface area contributed by atoms with Crippen LogP contribution >= 0.6 is 7.37 Å². The van der Waals surface area contributed by atoms with Gasteiger partial charge in [0, 0.05) is 25.1 Å². The quantitative estimate of drug-likeness (QED) is 0.583. The van der Waals surface area contributed by atoms with Crippen LogP contribution in [0.4, 0.5) is 5.69 Å². The van der Waals surface area contributed by atoms with E-state index in [4.69, 9.17) is 18.7 Å². The minimum atomic E-state index is -3.65. The summed E-state index contributed by atoms with van der Waals surface area (Å²) in [6.07, 6.45) is 0.668. The number of nitrogens with zero attached hydrogens (tertiary/aromatic N) is 1. The van der Waals surface area contributed by atoms with Crippen LogP contribution in [0.2, 0.25) is 0 Å². The van der Waals surface area contributed by atoms with Gasteiger partial charge in [-0.1, -0.05) is 6.92 Å². The Morgan fingerprint density at radius 1 is 1.00 bits per heavy atom. The monoisotopic (exact) mass is 423 g/mol. The number of aliphatic hydroxyl groups excluding tert-OH is 1. The predicted molar refractivity (Wildman–Crippen MR) is 115 cm³/mol. The van der Waals surface area contributed by atoms with E-state index >= 15 is 0 Å². The molecule has 1 N–H and O–H groups in total. The summed E-state index contributed by atoms with van der Waals surface area (Å²) in [5, 5.41) is 11.6. The summed E-state index contributed by atoms with van der Waals surface area (Å²) < 4.78 is 35.7. The molecule has 0 saturated carbocycles. The highest BCUT2D eigenvalue weighted by molar-refractivity contribution is 7.67. The zero-order chi connectivity index (χ0) is 21.6. The van der Waals surface area contributed by atoms with Gasteiger partial charge in [-0.3, -0.25) is 4.57 Å². The Kier molecular flexibility index (Phi) is 7.96. The maximum Gasteiger partial charge on any atom is 0.264 e. The highest BCUT2D eigenvalue weighted by atomic mass is 31.2. The number of benzene rings is 2. The van der Waals surface area contributed by atoms with Crippen LogP contribution in [0, 0.1) is 0 Å². The number of aliphatic hydroxyl groups is 1. The molecule has 0 bridgehead atoms. The number of hydrogen-bond acceptors (Lipinski definition) is 7. The van der Waals surface area contributed by atoms with Gasteiger partial charge in [-0.25, -0.2) is 0 Å². The highest BCUT2D eigenvalue weighted by Crippen LogP contribution is 2.59. The Morgan fingerprint density at radius 2 is 1.55 bits per heavy atom. The third-order valence-electron chi connectivity index (χ3n) is 4.52. The van der Waals surface area contributed by atoms with Crippen molar-refractivity contribution in [1.82, 2.24) is 0 Å². The van der Waals surface area contributed by atoms with Crippen LogP contribution in [0.25, 0.3) is 0 Å². The lowest BCUT2D eigenvalue weighted by Gasteiger charge is -2.26. The van der Waals surface area contributed by atoms with Crippen molar-refractivity contribution in [2.75, 3.05) is 46.9 Å². The summed E-state index contributed by atoms with van der Waals surface area (Å²) in [5.74, 6) is -0.268. The van der Waals surface area contributed by atoms with E-state index in [1.807, 2.05) is 38.1 Å². The molecule has 29 heavy (non-hydrogen) atoms. The van der Waals surface area contributed by atoms with Gasteiger partial charge in [-0.2, -0.15) is 0 Å². The molecule has 2 rings (SSSR count). The Hall–Kier alpha value is -2.21. The van der Waals surface area contributed by atoms with Crippen molar-refractivity contribution < 1.29 is 28.4 Å². The first kappa shape index (κ1) is 23.1. The number of anilines is 1. The molecule has 2 aromatic rings. The number of methoxy groups -OCH3 is 3. The van der Waals surface area contributed by atoms with Crippen molar-refractivity contribution in [2.24, 2.45) is 0 Å². The SMILES string of the molecule is CCCO[P@](=O)(c1ccc(N(C)C)cc1)[C@H](O)c1cc(OC)c(OC)c(OC)c1. The van der Waals surface area contributed by atoms with Crippen LogP contribution in [0.5, 0.6) is 17.2 Å². The van der Waals surface area contributed by atoms with Gasteiger partial charge in [0.2, 0.25) is 5.75 Å². The number of hydrogen-bond donors (Lipinski definition) is 1. The zero-order valence-corrected chi connectivity index (χ0v) is 18.7. The molecule has 0 aliphatic carbocycles. The third-order valence-corrected chi connectivity index (χ3v) is 7.05. The van der Waals surface area contributed by atoms with Gasteiger partial charge in [0.25, 0.3) is 7.37 Å². The maximum atomic E-state index is 13.9. The van der Waals surface area contributed by atoms with E-state index in [1.165, 1.54) is 21.3 Å². The summed E-state index contributed by atoms with van der Waals surface area (Å²) in [6, 6.07) is 10.3. The van der Waals surface area contributed by atoms with Crippen molar-refractivity contribution in [2.45, 2.75) is 19.2 Å². The smallest absolute Gasteiger partial charge is 0.264 e. The van der Waals surface area contributed by atoms with Crippen molar-refractivity contribution in [1.29, 1.82) is 0 Å². The average molecular weight is 423 g/mol. The molecule has 0 spiro atoms. The molecule has 0 fully saturated rings. The lowest BCUT2D eigenvalue weighted by molar-refractivity contribution is 0.213. The molecule has 0 amide bonds. The van der Waals surface area contributed by atoms with Crippen molar-refractivity contribution in [3.63, 3.8) is 0 Å². The maximum absolute atomic E-state index is 13.9. The van der Waals surface area contributed by atoms with Crippen LogP contribution in [0.3, 0.4) is 0 Å². The van der Waals surface area contributed by atoms with Crippen molar-refractivity contribution >= 4 is 18.4 Å². The standard InChI is InChI=1S/C21H30NO6P/c1-7-12-28-29(24,17-10-8-16(9-11-17)22(2)3)21(23)15-13-18(25-4)20(27-6)19(14-15)26-5/h8-11,13-14,21,23H,7,12H2,1-6H3/t21-,29+/m0/s1. The van der Waals surface area contributed by atoms with Gasteiger partial charge in [-0.05, 0) is 48.4 Å². The van der Waals surface area contributed by atoms with Gasteiger partial charge >= 0.3 is 0 Å². The Bertz CT molecular complexity index is 828. The van der Waals surface area contributed by atoms with Gasteiger partial charge in [0.1, 0.15) is 0 Å². The molecule has 2 aromatic carbocycles. The molecule has 0 aliphatic rings. The molecule has 0 saturated heterocycles. The molecule has 0 radical (unpaired) electrons. The Balaban J connectivity index is 2.55. The molecule has 0 unspecified atom stereocenters. The summed E-state index contributed by atoms with van der Waals surface area (Å²) in [5.41, 5.74) is 1.31. The molecule has 0 heterocycles. The van der Waals surface area contributed by atoms with E-state index in [0.717, 1.165) is 5.69 Å².